The zero-order valence-corrected chi connectivity index (χ0v) is 17.8. The van der Waals surface area contributed by atoms with Crippen molar-refractivity contribution in [1.29, 1.82) is 0 Å². The van der Waals surface area contributed by atoms with Gasteiger partial charge in [-0.1, -0.05) is 6.07 Å². The minimum Gasteiger partial charge on any atom is -0.497 e. The van der Waals surface area contributed by atoms with Gasteiger partial charge < -0.3 is 29.7 Å². The van der Waals surface area contributed by atoms with Crippen LogP contribution in [-0.4, -0.2) is 70.2 Å². The number of amides is 3. The maximum atomic E-state index is 12.8. The van der Waals surface area contributed by atoms with Crippen molar-refractivity contribution in [2.45, 2.75) is 0 Å². The molecule has 0 bridgehead atoms. The minimum atomic E-state index is -0.461. The Morgan fingerprint density at radius 2 is 1.61 bits per heavy atom. The first-order valence-corrected chi connectivity index (χ1v) is 9.59. The van der Waals surface area contributed by atoms with Crippen LogP contribution in [0.4, 0.5) is 5.69 Å². The van der Waals surface area contributed by atoms with Crippen molar-refractivity contribution in [3.8, 4) is 11.5 Å². The lowest BCUT2D eigenvalue weighted by atomic mass is 10.2. The second-order valence-electron chi connectivity index (χ2n) is 6.50. The molecule has 0 aliphatic carbocycles. The van der Waals surface area contributed by atoms with Gasteiger partial charge in [-0.3, -0.25) is 14.4 Å². The van der Waals surface area contributed by atoms with Crippen molar-refractivity contribution in [2.75, 3.05) is 52.9 Å². The van der Waals surface area contributed by atoms with Crippen LogP contribution in [0.1, 0.15) is 10.4 Å². The summed E-state index contributed by atoms with van der Waals surface area (Å²) in [7, 11) is 4.58. The maximum absolute atomic E-state index is 12.8. The maximum Gasteiger partial charge on any atom is 0.254 e. The number of nitrogens with one attached hydrogen (secondary N) is 2. The molecule has 0 radical (unpaired) electrons. The molecule has 0 aromatic heterocycles. The summed E-state index contributed by atoms with van der Waals surface area (Å²) in [5.74, 6) is 0.0208. The van der Waals surface area contributed by atoms with Gasteiger partial charge in [0.25, 0.3) is 5.91 Å². The quantitative estimate of drug-likeness (QED) is 0.561. The molecular formula is C22H27N3O6. The molecule has 2 rings (SSSR count). The molecule has 0 heterocycles. The van der Waals surface area contributed by atoms with Gasteiger partial charge in [0.2, 0.25) is 11.8 Å². The van der Waals surface area contributed by atoms with Gasteiger partial charge in [0.05, 0.1) is 33.9 Å². The summed E-state index contributed by atoms with van der Waals surface area (Å²) < 4.78 is 15.3. The number of carbonyl (C=O) groups is 3. The van der Waals surface area contributed by atoms with Gasteiger partial charge in [-0.2, -0.15) is 0 Å². The van der Waals surface area contributed by atoms with Gasteiger partial charge >= 0.3 is 0 Å². The molecule has 0 saturated heterocycles. The van der Waals surface area contributed by atoms with E-state index in [-0.39, 0.29) is 38.1 Å². The highest BCUT2D eigenvalue weighted by molar-refractivity contribution is 5.98. The minimum absolute atomic E-state index is 0.213. The molecule has 2 aromatic rings. The fourth-order valence-corrected chi connectivity index (χ4v) is 2.68. The molecular weight excluding hydrogens is 402 g/mol. The molecule has 3 amide bonds. The summed E-state index contributed by atoms with van der Waals surface area (Å²) in [5.41, 5.74) is 0.968. The van der Waals surface area contributed by atoms with E-state index in [0.29, 0.717) is 22.7 Å². The molecule has 0 saturated carbocycles. The fourth-order valence-electron chi connectivity index (χ4n) is 2.68. The Kier molecular flexibility index (Phi) is 9.31. The first-order valence-electron chi connectivity index (χ1n) is 9.59. The number of hydrogen-bond acceptors (Lipinski definition) is 6. The van der Waals surface area contributed by atoms with Crippen LogP contribution in [-0.2, 0) is 14.3 Å². The third-order valence-corrected chi connectivity index (χ3v) is 4.32. The van der Waals surface area contributed by atoms with E-state index in [1.807, 2.05) is 0 Å². The van der Waals surface area contributed by atoms with Crippen molar-refractivity contribution in [1.82, 2.24) is 10.2 Å². The lowest BCUT2D eigenvalue weighted by Gasteiger charge is -2.22. The SMILES string of the molecule is COCCN(CC(=O)NCC(=O)Nc1ccc(OC)cc1)C(=O)c1cccc(OC)c1. The fraction of sp³-hybridized carbons (Fsp3) is 0.318. The van der Waals surface area contributed by atoms with Crippen molar-refractivity contribution in [3.63, 3.8) is 0 Å². The van der Waals surface area contributed by atoms with Crippen molar-refractivity contribution in [2.24, 2.45) is 0 Å². The molecule has 31 heavy (non-hydrogen) atoms. The standard InChI is InChI=1S/C22H27N3O6/c1-29-12-11-25(22(28)16-5-4-6-19(13-16)31-3)15-21(27)23-14-20(26)24-17-7-9-18(30-2)10-8-17/h4-10,13H,11-12,14-15H2,1-3H3,(H,23,27)(H,24,26). The molecule has 0 spiro atoms. The second-order valence-corrected chi connectivity index (χ2v) is 6.50. The third-order valence-electron chi connectivity index (χ3n) is 4.32. The van der Waals surface area contributed by atoms with E-state index in [1.54, 1.807) is 55.6 Å². The van der Waals surface area contributed by atoms with E-state index in [4.69, 9.17) is 14.2 Å². The Morgan fingerprint density at radius 1 is 0.903 bits per heavy atom. The molecule has 2 aromatic carbocycles. The average Bonchev–Trinajstić information content (AvgIpc) is 2.80. The van der Waals surface area contributed by atoms with Gasteiger partial charge in [-0.15, -0.1) is 0 Å². The number of nitrogens with zero attached hydrogens (tertiary/aromatic N) is 1. The number of carbonyl (C=O) groups excluding carboxylic acids is 3. The van der Waals surface area contributed by atoms with Crippen molar-refractivity contribution < 1.29 is 28.6 Å². The summed E-state index contributed by atoms with van der Waals surface area (Å²) in [6, 6.07) is 13.5. The van der Waals surface area contributed by atoms with Crippen LogP contribution in [0.5, 0.6) is 11.5 Å². The zero-order chi connectivity index (χ0) is 22.6. The average molecular weight is 429 g/mol. The highest BCUT2D eigenvalue weighted by Gasteiger charge is 2.19. The van der Waals surface area contributed by atoms with Gasteiger partial charge in [-0.05, 0) is 42.5 Å². The first-order chi connectivity index (χ1) is 15.0. The first kappa shape index (κ1) is 23.7. The summed E-state index contributed by atoms with van der Waals surface area (Å²) in [6.45, 7) is 0.0461. The van der Waals surface area contributed by atoms with Crippen molar-refractivity contribution >= 4 is 23.4 Å². The zero-order valence-electron chi connectivity index (χ0n) is 17.8. The number of benzene rings is 2. The molecule has 9 nitrogen and oxygen atoms in total. The van der Waals surface area contributed by atoms with E-state index in [0.717, 1.165) is 0 Å². The highest BCUT2D eigenvalue weighted by atomic mass is 16.5. The predicted octanol–water partition coefficient (Wildman–Crippen LogP) is 1.55. The summed E-state index contributed by atoms with van der Waals surface area (Å²) in [6.07, 6.45) is 0. The number of methoxy groups -OCH3 is 3. The lowest BCUT2D eigenvalue weighted by molar-refractivity contribution is -0.124. The normalized spacial score (nSPS) is 10.2. The van der Waals surface area contributed by atoms with Crippen LogP contribution < -0.4 is 20.1 Å². The highest BCUT2D eigenvalue weighted by Crippen LogP contribution is 2.15. The molecule has 2 N–H and O–H groups in total. The molecule has 0 aliphatic rings. The summed E-state index contributed by atoms with van der Waals surface area (Å²) >= 11 is 0. The monoisotopic (exact) mass is 429 g/mol. The van der Waals surface area contributed by atoms with Gasteiger partial charge in [0.1, 0.15) is 11.5 Å². The smallest absolute Gasteiger partial charge is 0.254 e. The van der Waals surface area contributed by atoms with Gasteiger partial charge in [0, 0.05) is 24.9 Å². The topological polar surface area (TPSA) is 106 Å². The van der Waals surface area contributed by atoms with Crippen LogP contribution in [0.25, 0.3) is 0 Å². The number of ether oxygens (including phenoxy) is 3. The van der Waals surface area contributed by atoms with Crippen LogP contribution in [0, 0.1) is 0 Å². The number of rotatable bonds is 11. The summed E-state index contributed by atoms with van der Waals surface area (Å²) in [4.78, 5) is 38.6. The molecule has 0 atom stereocenters. The molecule has 0 fully saturated rings. The lowest BCUT2D eigenvalue weighted by Crippen LogP contribution is -2.44. The Hall–Kier alpha value is -3.59. The molecule has 166 valence electrons. The molecule has 0 aliphatic heterocycles. The van der Waals surface area contributed by atoms with E-state index in [2.05, 4.69) is 10.6 Å². The van der Waals surface area contributed by atoms with E-state index in [9.17, 15) is 14.4 Å². The van der Waals surface area contributed by atoms with Crippen LogP contribution >= 0.6 is 0 Å². The van der Waals surface area contributed by atoms with E-state index >= 15 is 0 Å². The Bertz CT molecular complexity index is 885. The number of hydrogen-bond donors (Lipinski definition) is 2. The Balaban J connectivity index is 1.91. The van der Waals surface area contributed by atoms with E-state index < -0.39 is 5.91 Å². The van der Waals surface area contributed by atoms with Gasteiger partial charge in [-0.25, -0.2) is 0 Å². The third kappa shape index (κ3) is 7.63. The number of anilines is 1. The van der Waals surface area contributed by atoms with Crippen LogP contribution in [0.15, 0.2) is 48.5 Å². The Labute approximate surface area is 181 Å². The largest absolute Gasteiger partial charge is 0.497 e. The van der Waals surface area contributed by atoms with Crippen LogP contribution in [0.2, 0.25) is 0 Å². The van der Waals surface area contributed by atoms with E-state index in [1.165, 1.54) is 19.1 Å². The molecule has 9 heteroatoms. The molecule has 0 unspecified atom stereocenters. The van der Waals surface area contributed by atoms with Gasteiger partial charge in [0.15, 0.2) is 0 Å². The van der Waals surface area contributed by atoms with Crippen LogP contribution in [0.3, 0.4) is 0 Å². The predicted molar refractivity (Wildman–Crippen MR) is 115 cm³/mol. The van der Waals surface area contributed by atoms with Crippen molar-refractivity contribution in [3.05, 3.63) is 54.1 Å². The Morgan fingerprint density at radius 3 is 2.26 bits per heavy atom. The second kappa shape index (κ2) is 12.2. The summed E-state index contributed by atoms with van der Waals surface area (Å²) in [5, 5.41) is 5.20.